The first-order valence-corrected chi connectivity index (χ1v) is 5.97. The van der Waals surface area contributed by atoms with E-state index >= 15 is 0 Å². The van der Waals surface area contributed by atoms with Gasteiger partial charge in [-0.15, -0.1) is 0 Å². The Bertz CT molecular complexity index is 589. The van der Waals surface area contributed by atoms with Crippen molar-refractivity contribution in [3.05, 3.63) is 30.3 Å². The Morgan fingerprint density at radius 2 is 2.16 bits per heavy atom. The fourth-order valence-electron chi connectivity index (χ4n) is 1.40. The maximum absolute atomic E-state index is 13.4. The summed E-state index contributed by atoms with van der Waals surface area (Å²) in [5.41, 5.74) is 5.79. The number of aryl methyl sites for hydroxylation is 1. The maximum Gasteiger partial charge on any atom is 0.387 e. The molecule has 1 heterocycles. The Morgan fingerprint density at radius 3 is 2.74 bits per heavy atom. The number of ether oxygens (including phenoxy) is 1. The average molecular weight is 289 g/mol. The molecule has 0 amide bonds. The van der Waals surface area contributed by atoms with Gasteiger partial charge in [-0.1, -0.05) is 11.8 Å². The van der Waals surface area contributed by atoms with E-state index in [1.807, 2.05) is 0 Å². The van der Waals surface area contributed by atoms with E-state index in [4.69, 9.17) is 5.73 Å². The summed E-state index contributed by atoms with van der Waals surface area (Å²) in [6.07, 6.45) is 3.31. The molecule has 0 atom stereocenters. The van der Waals surface area contributed by atoms with Crippen LogP contribution in [-0.4, -0.2) is 16.4 Å². The van der Waals surface area contributed by atoms with Crippen molar-refractivity contribution in [2.45, 2.75) is 16.4 Å². The predicted molar refractivity (Wildman–Crippen MR) is 64.8 cm³/mol. The van der Waals surface area contributed by atoms with Gasteiger partial charge < -0.3 is 10.5 Å². The number of nitrogen functional groups attached to an aromatic ring is 1. The summed E-state index contributed by atoms with van der Waals surface area (Å²) in [6.45, 7) is -3.09. The van der Waals surface area contributed by atoms with Crippen LogP contribution in [0.5, 0.6) is 5.75 Å². The summed E-state index contributed by atoms with van der Waals surface area (Å²) < 4.78 is 43.3. The minimum Gasteiger partial charge on any atom is -0.432 e. The molecule has 0 unspecified atom stereocenters. The van der Waals surface area contributed by atoms with Gasteiger partial charge in [0.05, 0.1) is 11.1 Å². The van der Waals surface area contributed by atoms with Crippen molar-refractivity contribution in [1.82, 2.24) is 9.78 Å². The lowest BCUT2D eigenvalue weighted by Crippen LogP contribution is -2.04. The molecule has 0 saturated carbocycles. The zero-order chi connectivity index (χ0) is 14.0. The molecule has 0 radical (unpaired) electrons. The van der Waals surface area contributed by atoms with E-state index in [1.165, 1.54) is 11.8 Å². The molecular formula is C11H10F3N3OS. The highest BCUT2D eigenvalue weighted by Crippen LogP contribution is 2.36. The first kappa shape index (κ1) is 13.6. The molecule has 102 valence electrons. The van der Waals surface area contributed by atoms with E-state index < -0.39 is 18.2 Å². The summed E-state index contributed by atoms with van der Waals surface area (Å²) in [5, 5.41) is 3.96. The zero-order valence-electron chi connectivity index (χ0n) is 9.81. The van der Waals surface area contributed by atoms with E-state index in [0.29, 0.717) is 4.90 Å². The Labute approximate surface area is 111 Å². The minimum absolute atomic E-state index is 0.146. The molecule has 0 spiro atoms. The Morgan fingerprint density at radius 1 is 1.42 bits per heavy atom. The number of hydrogen-bond acceptors (Lipinski definition) is 4. The lowest BCUT2D eigenvalue weighted by Gasteiger charge is -2.09. The number of rotatable bonds is 4. The number of nitrogens with zero attached hydrogens (tertiary/aromatic N) is 2. The average Bonchev–Trinajstić information content (AvgIpc) is 2.70. The van der Waals surface area contributed by atoms with Crippen LogP contribution in [0, 0.1) is 5.82 Å². The highest BCUT2D eigenvalue weighted by molar-refractivity contribution is 7.99. The number of anilines is 1. The first-order valence-electron chi connectivity index (χ1n) is 5.16. The minimum atomic E-state index is -3.09. The van der Waals surface area contributed by atoms with Gasteiger partial charge in [-0.05, 0) is 6.07 Å². The van der Waals surface area contributed by atoms with Crippen LogP contribution < -0.4 is 10.5 Å². The van der Waals surface area contributed by atoms with Gasteiger partial charge in [0.1, 0.15) is 0 Å². The lowest BCUT2D eigenvalue weighted by atomic mass is 10.3. The zero-order valence-corrected chi connectivity index (χ0v) is 10.6. The molecule has 2 rings (SSSR count). The fourth-order valence-corrected chi connectivity index (χ4v) is 2.31. The highest BCUT2D eigenvalue weighted by atomic mass is 32.2. The van der Waals surface area contributed by atoms with Gasteiger partial charge in [-0.2, -0.15) is 13.9 Å². The number of halogens is 3. The van der Waals surface area contributed by atoms with Gasteiger partial charge in [0.2, 0.25) is 0 Å². The third-order valence-electron chi connectivity index (χ3n) is 2.19. The normalized spacial score (nSPS) is 11.0. The Balaban J connectivity index is 2.29. The summed E-state index contributed by atoms with van der Waals surface area (Å²) in [7, 11) is 1.74. The van der Waals surface area contributed by atoms with E-state index in [2.05, 4.69) is 9.84 Å². The van der Waals surface area contributed by atoms with Crippen molar-refractivity contribution in [1.29, 1.82) is 0 Å². The molecule has 1 aromatic carbocycles. The van der Waals surface area contributed by atoms with Crippen molar-refractivity contribution in [3.63, 3.8) is 0 Å². The van der Waals surface area contributed by atoms with Crippen LogP contribution in [0.25, 0.3) is 0 Å². The van der Waals surface area contributed by atoms with Crippen LogP contribution >= 0.6 is 11.8 Å². The van der Waals surface area contributed by atoms with Crippen LogP contribution in [0.4, 0.5) is 18.9 Å². The standard InChI is InChI=1S/C11H10F3N3OS/c1-17-5-6(4-16-17)19-10-3-9(18-11(13)14)7(12)2-8(10)15/h2-5,11H,15H2,1H3. The van der Waals surface area contributed by atoms with E-state index in [1.54, 1.807) is 24.1 Å². The molecule has 0 saturated heterocycles. The summed E-state index contributed by atoms with van der Waals surface area (Å²) >= 11 is 1.19. The van der Waals surface area contributed by atoms with Crippen molar-refractivity contribution in [2.75, 3.05) is 5.73 Å². The van der Waals surface area contributed by atoms with E-state index in [0.717, 1.165) is 17.0 Å². The molecule has 0 fully saturated rings. The second-order valence-electron chi connectivity index (χ2n) is 3.65. The van der Waals surface area contributed by atoms with Crippen molar-refractivity contribution in [2.24, 2.45) is 7.05 Å². The Hall–Kier alpha value is -1.83. The molecule has 0 aliphatic rings. The van der Waals surface area contributed by atoms with Gasteiger partial charge in [0.15, 0.2) is 11.6 Å². The topological polar surface area (TPSA) is 53.1 Å². The fraction of sp³-hybridized carbons (Fsp3) is 0.182. The third kappa shape index (κ3) is 3.34. The van der Waals surface area contributed by atoms with Crippen molar-refractivity contribution >= 4 is 17.4 Å². The van der Waals surface area contributed by atoms with Crippen LogP contribution in [-0.2, 0) is 7.05 Å². The van der Waals surface area contributed by atoms with Gasteiger partial charge in [-0.25, -0.2) is 4.39 Å². The van der Waals surface area contributed by atoms with E-state index in [9.17, 15) is 13.2 Å². The lowest BCUT2D eigenvalue weighted by molar-refractivity contribution is -0.0523. The van der Waals surface area contributed by atoms with Crippen molar-refractivity contribution < 1.29 is 17.9 Å². The summed E-state index contributed by atoms with van der Waals surface area (Å²) in [5.74, 6) is -1.45. The number of aromatic nitrogens is 2. The highest BCUT2D eigenvalue weighted by Gasteiger charge is 2.14. The molecule has 0 aliphatic heterocycles. The molecule has 1 aromatic heterocycles. The first-order chi connectivity index (χ1) is 8.95. The molecule has 0 aliphatic carbocycles. The monoisotopic (exact) mass is 289 g/mol. The second-order valence-corrected chi connectivity index (χ2v) is 4.77. The number of benzene rings is 1. The molecule has 0 bridgehead atoms. The molecule has 19 heavy (non-hydrogen) atoms. The van der Waals surface area contributed by atoms with Gasteiger partial charge in [-0.3, -0.25) is 4.68 Å². The molecule has 4 nitrogen and oxygen atoms in total. The quantitative estimate of drug-likeness (QED) is 0.879. The maximum atomic E-state index is 13.4. The number of nitrogens with two attached hydrogens (primary N) is 1. The second kappa shape index (κ2) is 5.43. The predicted octanol–water partition coefficient (Wildman–Crippen LogP) is 2.89. The third-order valence-corrected chi connectivity index (χ3v) is 3.21. The largest absolute Gasteiger partial charge is 0.432 e. The molecule has 2 aromatic rings. The van der Waals surface area contributed by atoms with Crippen LogP contribution in [0.2, 0.25) is 0 Å². The van der Waals surface area contributed by atoms with Crippen molar-refractivity contribution in [3.8, 4) is 5.75 Å². The van der Waals surface area contributed by atoms with Crippen LogP contribution in [0.1, 0.15) is 0 Å². The SMILES string of the molecule is Cn1cc(Sc2cc(OC(F)F)c(F)cc2N)cn1. The molecular weight excluding hydrogens is 279 g/mol. The summed E-state index contributed by atoms with van der Waals surface area (Å²) in [4.78, 5) is 1.17. The van der Waals surface area contributed by atoms with Crippen LogP contribution in [0.15, 0.2) is 34.3 Å². The van der Waals surface area contributed by atoms with Crippen LogP contribution in [0.3, 0.4) is 0 Å². The number of hydrogen-bond donors (Lipinski definition) is 1. The number of alkyl halides is 2. The van der Waals surface area contributed by atoms with E-state index in [-0.39, 0.29) is 5.69 Å². The molecule has 2 N–H and O–H groups in total. The van der Waals surface area contributed by atoms with Gasteiger partial charge >= 0.3 is 6.61 Å². The van der Waals surface area contributed by atoms with Gasteiger partial charge in [0.25, 0.3) is 0 Å². The van der Waals surface area contributed by atoms with Gasteiger partial charge in [0, 0.05) is 29.9 Å². The molecule has 8 heteroatoms. The summed E-state index contributed by atoms with van der Waals surface area (Å²) in [6, 6.07) is 2.10. The Kier molecular flexibility index (Phi) is 3.89. The smallest absolute Gasteiger partial charge is 0.387 e.